The van der Waals surface area contributed by atoms with Crippen molar-refractivity contribution in [2.75, 3.05) is 24.5 Å². The Bertz CT molecular complexity index is 1340. The van der Waals surface area contributed by atoms with Crippen molar-refractivity contribution in [2.45, 2.75) is 25.2 Å². The molecular weight excluding hydrogens is 436 g/mol. The van der Waals surface area contributed by atoms with Gasteiger partial charge in [0.25, 0.3) is 0 Å². The number of nitrogens with zero attached hydrogens (tertiary/aromatic N) is 6. The van der Waals surface area contributed by atoms with Crippen LogP contribution in [0.4, 0.5) is 5.69 Å². The van der Waals surface area contributed by atoms with Crippen LogP contribution in [0, 0.1) is 5.92 Å². The first-order valence-electron chi connectivity index (χ1n) is 11.4. The van der Waals surface area contributed by atoms with Crippen molar-refractivity contribution < 1.29 is 18.7 Å². The molecule has 0 bridgehead atoms. The molecule has 10 nitrogen and oxygen atoms in total. The maximum absolute atomic E-state index is 13.1. The summed E-state index contributed by atoms with van der Waals surface area (Å²) in [7, 11) is 0. The van der Waals surface area contributed by atoms with Crippen molar-refractivity contribution in [1.82, 2.24) is 25.4 Å². The van der Waals surface area contributed by atoms with Crippen LogP contribution >= 0.6 is 0 Å². The quantitative estimate of drug-likeness (QED) is 0.458. The van der Waals surface area contributed by atoms with E-state index in [4.69, 9.17) is 9.15 Å². The van der Waals surface area contributed by atoms with Crippen LogP contribution in [-0.4, -0.2) is 56.8 Å². The van der Waals surface area contributed by atoms with E-state index in [0.717, 1.165) is 24.1 Å². The summed E-state index contributed by atoms with van der Waals surface area (Å²) in [5.74, 6) is 0.896. The molecule has 6 rings (SSSR count). The summed E-state index contributed by atoms with van der Waals surface area (Å²) in [6, 6.07) is 15.0. The van der Waals surface area contributed by atoms with Gasteiger partial charge >= 0.3 is 0 Å². The number of benzene rings is 2. The lowest BCUT2D eigenvalue weighted by Crippen LogP contribution is -2.42. The Morgan fingerprint density at radius 3 is 2.59 bits per heavy atom. The van der Waals surface area contributed by atoms with Crippen molar-refractivity contribution in [2.24, 2.45) is 5.92 Å². The fourth-order valence-corrected chi connectivity index (χ4v) is 4.77. The zero-order valence-corrected chi connectivity index (χ0v) is 18.3. The summed E-state index contributed by atoms with van der Waals surface area (Å²) in [6.07, 6.45) is 1.73. The number of hydrogen-bond acceptors (Lipinski definition) is 8. The zero-order valence-electron chi connectivity index (χ0n) is 18.3. The maximum atomic E-state index is 13.1. The van der Waals surface area contributed by atoms with Gasteiger partial charge in [-0.15, -0.1) is 0 Å². The molecule has 10 heteroatoms. The van der Waals surface area contributed by atoms with Gasteiger partial charge in [0, 0.05) is 43.2 Å². The average Bonchev–Trinajstić information content (AvgIpc) is 3.63. The molecule has 4 heterocycles. The molecule has 2 amide bonds. The molecule has 0 aliphatic carbocycles. The van der Waals surface area contributed by atoms with E-state index in [1.807, 2.05) is 47.4 Å². The van der Waals surface area contributed by atoms with E-state index >= 15 is 0 Å². The number of aromatic nitrogens is 4. The largest absolute Gasteiger partial charge is 0.342 e. The van der Waals surface area contributed by atoms with Crippen LogP contribution in [-0.2, 0) is 9.59 Å². The molecule has 2 aromatic carbocycles. The SMILES string of the molecule is O=C(C1CC(=O)N(c2ccccc2)C1)N1CCC(c2nc(-c3ccc4nonc4c3)no2)CC1. The van der Waals surface area contributed by atoms with Gasteiger partial charge in [0.2, 0.25) is 23.5 Å². The number of fused-ring (bicyclic) bond motifs is 1. The van der Waals surface area contributed by atoms with E-state index in [1.54, 1.807) is 11.0 Å². The molecule has 172 valence electrons. The normalized spacial score (nSPS) is 19.3. The summed E-state index contributed by atoms with van der Waals surface area (Å²) < 4.78 is 10.3. The molecule has 2 saturated heterocycles. The van der Waals surface area contributed by atoms with Crippen molar-refractivity contribution >= 4 is 28.5 Å². The van der Waals surface area contributed by atoms with Crippen molar-refractivity contribution in [3.8, 4) is 11.4 Å². The Labute approximate surface area is 194 Å². The fraction of sp³-hybridized carbons (Fsp3) is 0.333. The molecule has 34 heavy (non-hydrogen) atoms. The second-order valence-electron chi connectivity index (χ2n) is 8.76. The summed E-state index contributed by atoms with van der Waals surface area (Å²) in [6.45, 7) is 1.64. The average molecular weight is 458 g/mol. The van der Waals surface area contributed by atoms with E-state index in [0.29, 0.717) is 42.4 Å². The van der Waals surface area contributed by atoms with Gasteiger partial charge in [-0.1, -0.05) is 23.4 Å². The highest BCUT2D eigenvalue weighted by atomic mass is 16.6. The van der Waals surface area contributed by atoms with E-state index in [2.05, 4.69) is 20.5 Å². The second-order valence-corrected chi connectivity index (χ2v) is 8.76. The van der Waals surface area contributed by atoms with Crippen LogP contribution in [0.15, 0.2) is 57.7 Å². The molecule has 2 fully saturated rings. The highest BCUT2D eigenvalue weighted by molar-refractivity contribution is 6.00. The summed E-state index contributed by atoms with van der Waals surface area (Å²) >= 11 is 0. The number of piperidine rings is 1. The second kappa shape index (κ2) is 8.36. The molecule has 2 aromatic heterocycles. The lowest BCUT2D eigenvalue weighted by atomic mass is 9.95. The van der Waals surface area contributed by atoms with Crippen LogP contribution in [0.1, 0.15) is 31.1 Å². The number of hydrogen-bond donors (Lipinski definition) is 0. The fourth-order valence-electron chi connectivity index (χ4n) is 4.77. The maximum Gasteiger partial charge on any atom is 0.230 e. The summed E-state index contributed by atoms with van der Waals surface area (Å²) in [5.41, 5.74) is 2.92. The van der Waals surface area contributed by atoms with Crippen LogP contribution < -0.4 is 4.90 Å². The third kappa shape index (κ3) is 3.70. The van der Waals surface area contributed by atoms with E-state index in [-0.39, 0.29) is 30.1 Å². The van der Waals surface area contributed by atoms with Gasteiger partial charge < -0.3 is 14.3 Å². The number of carbonyl (C=O) groups excluding carboxylic acids is 2. The third-order valence-electron chi connectivity index (χ3n) is 6.65. The van der Waals surface area contributed by atoms with Crippen LogP contribution in [0.5, 0.6) is 0 Å². The van der Waals surface area contributed by atoms with Crippen molar-refractivity contribution in [3.05, 3.63) is 54.4 Å². The minimum Gasteiger partial charge on any atom is -0.342 e. The molecule has 0 spiro atoms. The predicted octanol–water partition coefficient (Wildman–Crippen LogP) is 3.03. The van der Waals surface area contributed by atoms with Crippen molar-refractivity contribution in [3.63, 3.8) is 0 Å². The first kappa shape index (κ1) is 20.5. The monoisotopic (exact) mass is 458 g/mol. The zero-order chi connectivity index (χ0) is 23.1. The number of carbonyl (C=O) groups is 2. The Hall–Kier alpha value is -4.08. The Morgan fingerprint density at radius 2 is 1.76 bits per heavy atom. The van der Waals surface area contributed by atoms with Gasteiger partial charge in [0.1, 0.15) is 11.0 Å². The smallest absolute Gasteiger partial charge is 0.230 e. The standard InChI is InChI=1S/C24H22N6O4/c31-21-13-17(14-30(21)18-4-2-1-3-5-18)24(32)29-10-8-15(9-11-29)23-25-22(28-33-23)16-6-7-19-20(12-16)27-34-26-19/h1-7,12,15,17H,8-11,13-14H2. The molecule has 0 saturated carbocycles. The number of likely N-dealkylation sites (tertiary alicyclic amines) is 1. The first-order valence-corrected chi connectivity index (χ1v) is 11.4. The molecule has 4 aromatic rings. The van der Waals surface area contributed by atoms with E-state index < -0.39 is 0 Å². The third-order valence-corrected chi connectivity index (χ3v) is 6.65. The predicted molar refractivity (Wildman–Crippen MR) is 121 cm³/mol. The lowest BCUT2D eigenvalue weighted by Gasteiger charge is -2.32. The summed E-state index contributed by atoms with van der Waals surface area (Å²) in [4.78, 5) is 33.8. The van der Waals surface area contributed by atoms with Crippen molar-refractivity contribution in [1.29, 1.82) is 0 Å². The Kier molecular flexibility index (Phi) is 5.05. The molecule has 2 aliphatic rings. The van der Waals surface area contributed by atoms with Gasteiger partial charge in [0.15, 0.2) is 0 Å². The molecule has 2 aliphatic heterocycles. The van der Waals surface area contributed by atoms with Gasteiger partial charge in [-0.3, -0.25) is 9.59 Å². The van der Waals surface area contributed by atoms with Crippen LogP contribution in [0.25, 0.3) is 22.4 Å². The lowest BCUT2D eigenvalue weighted by molar-refractivity contribution is -0.136. The molecule has 1 unspecified atom stereocenters. The van der Waals surface area contributed by atoms with E-state index in [1.165, 1.54) is 0 Å². The van der Waals surface area contributed by atoms with Gasteiger partial charge in [-0.2, -0.15) is 4.98 Å². The number of para-hydroxylation sites is 1. The van der Waals surface area contributed by atoms with Crippen LogP contribution in [0.2, 0.25) is 0 Å². The number of anilines is 1. The molecule has 0 radical (unpaired) electrons. The van der Waals surface area contributed by atoms with Crippen LogP contribution in [0.3, 0.4) is 0 Å². The number of rotatable bonds is 4. The molecule has 1 atom stereocenters. The summed E-state index contributed by atoms with van der Waals surface area (Å²) in [5, 5.41) is 11.8. The minimum atomic E-state index is -0.305. The van der Waals surface area contributed by atoms with Gasteiger partial charge in [-0.05, 0) is 53.5 Å². The highest BCUT2D eigenvalue weighted by Crippen LogP contribution is 2.31. The Morgan fingerprint density at radius 1 is 0.971 bits per heavy atom. The molecular formula is C24H22N6O4. The van der Waals surface area contributed by atoms with Gasteiger partial charge in [-0.25, -0.2) is 4.63 Å². The van der Waals surface area contributed by atoms with E-state index in [9.17, 15) is 9.59 Å². The van der Waals surface area contributed by atoms with Gasteiger partial charge in [0.05, 0.1) is 5.92 Å². The minimum absolute atomic E-state index is 0.00239. The first-order chi connectivity index (χ1) is 16.7. The Balaban J connectivity index is 1.08. The topological polar surface area (TPSA) is 118 Å². The number of amides is 2. The highest BCUT2D eigenvalue weighted by Gasteiger charge is 2.38. The molecule has 0 N–H and O–H groups in total.